The van der Waals surface area contributed by atoms with Gasteiger partial charge in [0, 0.05) is 12.2 Å². The molecule has 0 fully saturated rings. The number of nitrogens with one attached hydrogen (secondary N) is 1. The van der Waals surface area contributed by atoms with Crippen LogP contribution in [-0.2, 0) is 19.5 Å². The zero-order valence-electron chi connectivity index (χ0n) is 12.1. The summed E-state index contributed by atoms with van der Waals surface area (Å²) in [6.07, 6.45) is 2.35. The average Bonchev–Trinajstić information content (AvgIpc) is 2.79. The van der Waals surface area contributed by atoms with Gasteiger partial charge in [-0.15, -0.1) is 0 Å². The molecule has 1 N–H and O–H groups in total. The smallest absolute Gasteiger partial charge is 0.0597 e. The van der Waals surface area contributed by atoms with E-state index in [4.69, 9.17) is 0 Å². The molecule has 0 unspecified atom stereocenters. The Morgan fingerprint density at radius 3 is 2.53 bits per heavy atom. The molecule has 2 aromatic rings. The summed E-state index contributed by atoms with van der Waals surface area (Å²) in [5, 5.41) is 7.91. The Morgan fingerprint density at radius 2 is 1.89 bits per heavy atom. The maximum absolute atomic E-state index is 4.46. The fourth-order valence-corrected chi connectivity index (χ4v) is 2.29. The minimum Gasteiger partial charge on any atom is -0.379 e. The number of benzene rings is 1. The average molecular weight is 257 g/mol. The van der Waals surface area contributed by atoms with Gasteiger partial charge < -0.3 is 5.32 Å². The van der Waals surface area contributed by atoms with Crippen LogP contribution in [0.4, 0.5) is 5.69 Å². The highest BCUT2D eigenvalue weighted by Gasteiger charge is 2.03. The van der Waals surface area contributed by atoms with Crippen molar-refractivity contribution in [2.24, 2.45) is 0 Å². The van der Waals surface area contributed by atoms with Gasteiger partial charge in [-0.1, -0.05) is 25.5 Å². The molecule has 0 spiro atoms. The number of hydrogen-bond donors (Lipinski definition) is 1. The maximum Gasteiger partial charge on any atom is 0.0597 e. The van der Waals surface area contributed by atoms with Gasteiger partial charge in [0.05, 0.1) is 17.9 Å². The molecule has 1 aromatic heterocycles. The molecule has 1 heterocycles. The molecule has 3 heteroatoms. The summed E-state index contributed by atoms with van der Waals surface area (Å²) < 4.78 is 2.05. The minimum absolute atomic E-state index is 0.821. The predicted octanol–water partition coefficient (Wildman–Crippen LogP) is 3.78. The van der Waals surface area contributed by atoms with Gasteiger partial charge in [0.15, 0.2) is 0 Å². The molecule has 19 heavy (non-hydrogen) atoms. The van der Waals surface area contributed by atoms with E-state index in [0.717, 1.165) is 25.2 Å². The Kier molecular flexibility index (Phi) is 4.61. The number of hydrogen-bond acceptors (Lipinski definition) is 2. The summed E-state index contributed by atoms with van der Waals surface area (Å²) in [7, 11) is 0. The topological polar surface area (TPSA) is 29.9 Å². The lowest BCUT2D eigenvalue weighted by Crippen LogP contribution is -2.07. The van der Waals surface area contributed by atoms with Gasteiger partial charge in [0.2, 0.25) is 0 Å². The zero-order chi connectivity index (χ0) is 13.7. The first-order valence-electron chi connectivity index (χ1n) is 7.09. The third-order valence-corrected chi connectivity index (χ3v) is 3.25. The fourth-order valence-electron chi connectivity index (χ4n) is 2.29. The molecule has 0 saturated carbocycles. The van der Waals surface area contributed by atoms with Gasteiger partial charge >= 0.3 is 0 Å². The molecular weight excluding hydrogens is 234 g/mol. The number of aromatic nitrogens is 2. The highest BCUT2D eigenvalue weighted by molar-refractivity contribution is 5.44. The lowest BCUT2D eigenvalue weighted by molar-refractivity contribution is 0.623. The molecule has 0 aliphatic carbocycles. The van der Waals surface area contributed by atoms with Gasteiger partial charge in [0.25, 0.3) is 0 Å². The number of nitrogens with zero attached hydrogens (tertiary/aromatic N) is 2. The Balaban J connectivity index is 1.97. The highest BCUT2D eigenvalue weighted by Crippen LogP contribution is 2.13. The van der Waals surface area contributed by atoms with Crippen LogP contribution >= 0.6 is 0 Å². The van der Waals surface area contributed by atoms with Crippen LogP contribution in [0.15, 0.2) is 30.3 Å². The third-order valence-electron chi connectivity index (χ3n) is 3.25. The second kappa shape index (κ2) is 6.41. The molecule has 1 aromatic carbocycles. The van der Waals surface area contributed by atoms with Crippen molar-refractivity contribution >= 4 is 5.69 Å². The van der Waals surface area contributed by atoms with Crippen molar-refractivity contribution in [2.45, 2.75) is 46.7 Å². The summed E-state index contributed by atoms with van der Waals surface area (Å²) in [6, 6.07) is 10.9. The first kappa shape index (κ1) is 13.7. The molecule has 3 nitrogen and oxygen atoms in total. The Labute approximate surface area is 115 Å². The summed E-state index contributed by atoms with van der Waals surface area (Å²) in [5.74, 6) is 0. The quantitative estimate of drug-likeness (QED) is 0.853. The van der Waals surface area contributed by atoms with E-state index in [9.17, 15) is 0 Å². The van der Waals surface area contributed by atoms with Gasteiger partial charge in [-0.05, 0) is 44.0 Å². The molecule has 0 bridgehead atoms. The lowest BCUT2D eigenvalue weighted by atomic mass is 10.1. The monoisotopic (exact) mass is 257 g/mol. The van der Waals surface area contributed by atoms with E-state index in [0.29, 0.717) is 0 Å². The SMILES string of the molecule is CCCc1ccc(NCc2cc(C)nn2CC)cc1. The Morgan fingerprint density at radius 1 is 1.16 bits per heavy atom. The summed E-state index contributed by atoms with van der Waals surface area (Å²) in [6.45, 7) is 8.10. The van der Waals surface area contributed by atoms with Crippen LogP contribution in [-0.4, -0.2) is 9.78 Å². The molecule has 0 aliphatic rings. The van der Waals surface area contributed by atoms with Crippen LogP contribution in [0.1, 0.15) is 37.2 Å². The van der Waals surface area contributed by atoms with Crippen molar-refractivity contribution < 1.29 is 0 Å². The van der Waals surface area contributed by atoms with E-state index in [1.165, 1.54) is 23.4 Å². The summed E-state index contributed by atoms with van der Waals surface area (Å²) >= 11 is 0. The van der Waals surface area contributed by atoms with E-state index in [-0.39, 0.29) is 0 Å². The van der Waals surface area contributed by atoms with Crippen LogP contribution in [0.2, 0.25) is 0 Å². The number of anilines is 1. The van der Waals surface area contributed by atoms with Crippen molar-refractivity contribution in [3.05, 3.63) is 47.3 Å². The van der Waals surface area contributed by atoms with E-state index >= 15 is 0 Å². The van der Waals surface area contributed by atoms with Gasteiger partial charge in [-0.3, -0.25) is 4.68 Å². The van der Waals surface area contributed by atoms with Gasteiger partial charge in [0.1, 0.15) is 0 Å². The first-order chi connectivity index (χ1) is 9.22. The minimum atomic E-state index is 0.821. The largest absolute Gasteiger partial charge is 0.379 e. The van der Waals surface area contributed by atoms with Crippen molar-refractivity contribution in [1.29, 1.82) is 0 Å². The number of aryl methyl sites for hydroxylation is 3. The molecular formula is C16H23N3. The van der Waals surface area contributed by atoms with Crippen LogP contribution in [0, 0.1) is 6.92 Å². The standard InChI is InChI=1S/C16H23N3/c1-4-6-14-7-9-15(10-8-14)17-12-16-11-13(3)18-19(16)5-2/h7-11,17H,4-6,12H2,1-3H3. The molecule has 0 radical (unpaired) electrons. The molecule has 0 amide bonds. The van der Waals surface area contributed by atoms with E-state index in [2.05, 4.69) is 54.6 Å². The van der Waals surface area contributed by atoms with Crippen LogP contribution in [0.25, 0.3) is 0 Å². The van der Waals surface area contributed by atoms with E-state index in [1.807, 2.05) is 11.6 Å². The highest BCUT2D eigenvalue weighted by atomic mass is 15.3. The van der Waals surface area contributed by atoms with Crippen LogP contribution in [0.5, 0.6) is 0 Å². The summed E-state index contributed by atoms with van der Waals surface area (Å²) in [5.41, 5.74) is 4.89. The first-order valence-corrected chi connectivity index (χ1v) is 7.09. The molecule has 2 rings (SSSR count). The Hall–Kier alpha value is -1.77. The third kappa shape index (κ3) is 3.60. The van der Waals surface area contributed by atoms with E-state index < -0.39 is 0 Å². The lowest BCUT2D eigenvalue weighted by Gasteiger charge is -2.08. The van der Waals surface area contributed by atoms with Crippen molar-refractivity contribution in [1.82, 2.24) is 9.78 Å². The second-order valence-corrected chi connectivity index (χ2v) is 4.89. The predicted molar refractivity (Wildman–Crippen MR) is 80.4 cm³/mol. The zero-order valence-corrected chi connectivity index (χ0v) is 12.1. The van der Waals surface area contributed by atoms with Gasteiger partial charge in [-0.2, -0.15) is 5.10 Å². The molecule has 0 saturated heterocycles. The molecule has 0 atom stereocenters. The van der Waals surface area contributed by atoms with Crippen molar-refractivity contribution in [3.63, 3.8) is 0 Å². The van der Waals surface area contributed by atoms with E-state index in [1.54, 1.807) is 0 Å². The number of rotatable bonds is 6. The van der Waals surface area contributed by atoms with Crippen molar-refractivity contribution in [3.8, 4) is 0 Å². The molecule has 0 aliphatic heterocycles. The second-order valence-electron chi connectivity index (χ2n) is 4.89. The van der Waals surface area contributed by atoms with Crippen LogP contribution < -0.4 is 5.32 Å². The maximum atomic E-state index is 4.46. The van der Waals surface area contributed by atoms with Crippen LogP contribution in [0.3, 0.4) is 0 Å². The molecule has 102 valence electrons. The summed E-state index contributed by atoms with van der Waals surface area (Å²) in [4.78, 5) is 0. The fraction of sp³-hybridized carbons (Fsp3) is 0.438. The van der Waals surface area contributed by atoms with Gasteiger partial charge in [-0.25, -0.2) is 0 Å². The Bertz CT molecular complexity index is 511. The normalized spacial score (nSPS) is 10.7. The van der Waals surface area contributed by atoms with Crippen molar-refractivity contribution in [2.75, 3.05) is 5.32 Å².